The fourth-order valence-electron chi connectivity index (χ4n) is 3.26. The Morgan fingerprint density at radius 3 is 2.48 bits per heavy atom. The number of aliphatic hydroxyl groups excluding tert-OH is 1. The zero-order chi connectivity index (χ0) is 14.5. The fourth-order valence-corrected chi connectivity index (χ4v) is 3.26. The maximum Gasteiger partial charge on any atom is 0.0916 e. The molecular formula is C17H26N2O2. The van der Waals surface area contributed by atoms with E-state index in [2.05, 4.69) is 9.80 Å². The molecule has 4 nitrogen and oxygen atoms in total. The Morgan fingerprint density at radius 1 is 1.10 bits per heavy atom. The summed E-state index contributed by atoms with van der Waals surface area (Å²) in [5.74, 6) is 0. The molecule has 2 saturated heterocycles. The van der Waals surface area contributed by atoms with E-state index in [1.54, 1.807) is 0 Å². The highest BCUT2D eigenvalue weighted by atomic mass is 16.5. The van der Waals surface area contributed by atoms with Crippen molar-refractivity contribution in [2.24, 2.45) is 0 Å². The molecule has 0 saturated carbocycles. The molecule has 1 aromatic rings. The highest BCUT2D eigenvalue weighted by Crippen LogP contribution is 2.17. The van der Waals surface area contributed by atoms with Crippen LogP contribution in [0.25, 0.3) is 0 Å². The van der Waals surface area contributed by atoms with Gasteiger partial charge in [0.25, 0.3) is 0 Å². The van der Waals surface area contributed by atoms with Crippen LogP contribution in [0.1, 0.15) is 24.5 Å². The van der Waals surface area contributed by atoms with Crippen LogP contribution in [0.2, 0.25) is 0 Å². The lowest BCUT2D eigenvalue weighted by atomic mass is 10.1. The van der Waals surface area contributed by atoms with Gasteiger partial charge in [0.05, 0.1) is 12.2 Å². The highest BCUT2D eigenvalue weighted by Gasteiger charge is 2.23. The van der Waals surface area contributed by atoms with E-state index < -0.39 is 0 Å². The Balaban J connectivity index is 1.41. The lowest BCUT2D eigenvalue weighted by Gasteiger charge is -2.36. The van der Waals surface area contributed by atoms with Gasteiger partial charge in [0, 0.05) is 45.9 Å². The number of nitrogens with zero attached hydrogens (tertiary/aromatic N) is 2. The van der Waals surface area contributed by atoms with Crippen molar-refractivity contribution in [2.75, 3.05) is 45.9 Å². The number of benzene rings is 1. The van der Waals surface area contributed by atoms with Crippen molar-refractivity contribution in [3.05, 3.63) is 35.9 Å². The van der Waals surface area contributed by atoms with Crippen LogP contribution in [0.3, 0.4) is 0 Å². The van der Waals surface area contributed by atoms with Gasteiger partial charge in [-0.1, -0.05) is 30.3 Å². The minimum atomic E-state index is -0.379. The van der Waals surface area contributed by atoms with E-state index in [0.29, 0.717) is 6.10 Å². The van der Waals surface area contributed by atoms with Crippen molar-refractivity contribution in [3.8, 4) is 0 Å². The first-order chi connectivity index (χ1) is 10.3. The normalized spacial score (nSPS) is 26.0. The lowest BCUT2D eigenvalue weighted by molar-refractivity contribution is 0.0364. The van der Waals surface area contributed by atoms with Crippen LogP contribution in [-0.4, -0.2) is 66.9 Å². The minimum absolute atomic E-state index is 0.379. The predicted molar refractivity (Wildman–Crippen MR) is 83.3 cm³/mol. The zero-order valence-corrected chi connectivity index (χ0v) is 12.7. The summed E-state index contributed by atoms with van der Waals surface area (Å²) in [7, 11) is 0. The summed E-state index contributed by atoms with van der Waals surface area (Å²) in [6, 6.07) is 9.95. The maximum absolute atomic E-state index is 10.3. The minimum Gasteiger partial charge on any atom is -0.387 e. The molecule has 0 radical (unpaired) electrons. The molecule has 0 bridgehead atoms. The SMILES string of the molecule is O[C@@H](CN1CCN(C[C@H]2CCCO2)CC1)c1ccccc1. The molecule has 3 rings (SSSR count). The van der Waals surface area contributed by atoms with Crippen LogP contribution in [0.4, 0.5) is 0 Å². The number of piperazine rings is 1. The highest BCUT2D eigenvalue weighted by molar-refractivity contribution is 5.17. The van der Waals surface area contributed by atoms with Gasteiger partial charge in [-0.3, -0.25) is 9.80 Å². The van der Waals surface area contributed by atoms with Gasteiger partial charge in [-0.05, 0) is 18.4 Å². The molecule has 0 amide bonds. The Labute approximate surface area is 127 Å². The average Bonchev–Trinajstić information content (AvgIpc) is 3.03. The van der Waals surface area contributed by atoms with Crippen molar-refractivity contribution < 1.29 is 9.84 Å². The molecule has 21 heavy (non-hydrogen) atoms. The molecule has 2 aliphatic heterocycles. The Hall–Kier alpha value is -0.940. The largest absolute Gasteiger partial charge is 0.387 e. The molecule has 1 N–H and O–H groups in total. The molecule has 2 fully saturated rings. The Morgan fingerprint density at radius 2 is 1.81 bits per heavy atom. The van der Waals surface area contributed by atoms with Gasteiger partial charge in [0.2, 0.25) is 0 Å². The van der Waals surface area contributed by atoms with E-state index in [4.69, 9.17) is 4.74 Å². The van der Waals surface area contributed by atoms with Crippen LogP contribution < -0.4 is 0 Å². The van der Waals surface area contributed by atoms with Crippen LogP contribution in [0, 0.1) is 0 Å². The standard InChI is InChI=1S/C17H26N2O2/c20-17(15-5-2-1-3-6-15)14-19-10-8-18(9-11-19)13-16-7-4-12-21-16/h1-3,5-6,16-17,20H,4,7-14H2/t16-,17+/m1/s1. The lowest BCUT2D eigenvalue weighted by Crippen LogP contribution is -2.49. The van der Waals surface area contributed by atoms with Crippen molar-refractivity contribution in [2.45, 2.75) is 25.0 Å². The summed E-state index contributed by atoms with van der Waals surface area (Å²) >= 11 is 0. The first-order valence-electron chi connectivity index (χ1n) is 8.10. The fraction of sp³-hybridized carbons (Fsp3) is 0.647. The van der Waals surface area contributed by atoms with Crippen LogP contribution >= 0.6 is 0 Å². The smallest absolute Gasteiger partial charge is 0.0916 e. The summed E-state index contributed by atoms with van der Waals surface area (Å²) in [5, 5.41) is 10.3. The number of β-amino-alcohol motifs (C(OH)–C–C–N with tert-alkyl or cyclic N) is 1. The van der Waals surface area contributed by atoms with Gasteiger partial charge < -0.3 is 9.84 Å². The van der Waals surface area contributed by atoms with Crippen molar-refractivity contribution >= 4 is 0 Å². The number of rotatable bonds is 5. The average molecular weight is 290 g/mol. The summed E-state index contributed by atoms with van der Waals surface area (Å²) in [6.45, 7) is 7.00. The number of hydrogen-bond donors (Lipinski definition) is 1. The molecule has 0 aromatic heterocycles. The van der Waals surface area contributed by atoms with E-state index >= 15 is 0 Å². The maximum atomic E-state index is 10.3. The topological polar surface area (TPSA) is 35.9 Å². The molecule has 2 aliphatic rings. The number of aliphatic hydroxyl groups is 1. The molecule has 1 aromatic carbocycles. The van der Waals surface area contributed by atoms with Gasteiger partial charge >= 0.3 is 0 Å². The predicted octanol–water partition coefficient (Wildman–Crippen LogP) is 1.52. The zero-order valence-electron chi connectivity index (χ0n) is 12.7. The number of ether oxygens (including phenoxy) is 1. The van der Waals surface area contributed by atoms with Crippen molar-refractivity contribution in [1.82, 2.24) is 9.80 Å². The second-order valence-electron chi connectivity index (χ2n) is 6.16. The molecule has 0 aliphatic carbocycles. The third kappa shape index (κ3) is 4.27. The Bertz CT molecular complexity index is 412. The van der Waals surface area contributed by atoms with E-state index in [1.165, 1.54) is 12.8 Å². The van der Waals surface area contributed by atoms with Gasteiger partial charge in [-0.2, -0.15) is 0 Å². The summed E-state index contributed by atoms with van der Waals surface area (Å²) in [6.07, 6.45) is 2.50. The van der Waals surface area contributed by atoms with Crippen molar-refractivity contribution in [1.29, 1.82) is 0 Å². The molecular weight excluding hydrogens is 264 g/mol. The van der Waals surface area contributed by atoms with Crippen molar-refractivity contribution in [3.63, 3.8) is 0 Å². The molecule has 2 atom stereocenters. The summed E-state index contributed by atoms with van der Waals surface area (Å²) in [4.78, 5) is 4.87. The van der Waals surface area contributed by atoms with E-state index in [0.717, 1.165) is 51.4 Å². The third-order valence-electron chi connectivity index (χ3n) is 4.57. The summed E-state index contributed by atoms with van der Waals surface area (Å²) < 4.78 is 5.71. The molecule has 2 heterocycles. The quantitative estimate of drug-likeness (QED) is 0.892. The summed E-state index contributed by atoms with van der Waals surface area (Å²) in [5.41, 5.74) is 1.01. The van der Waals surface area contributed by atoms with Crippen LogP contribution in [-0.2, 0) is 4.74 Å². The van der Waals surface area contributed by atoms with Gasteiger partial charge in [-0.25, -0.2) is 0 Å². The Kier molecular flexibility index (Phi) is 5.25. The van der Waals surface area contributed by atoms with E-state index in [9.17, 15) is 5.11 Å². The third-order valence-corrected chi connectivity index (χ3v) is 4.57. The monoisotopic (exact) mass is 290 g/mol. The molecule has 0 unspecified atom stereocenters. The molecule has 116 valence electrons. The molecule has 4 heteroatoms. The second kappa shape index (κ2) is 7.36. The molecule has 0 spiro atoms. The first-order valence-corrected chi connectivity index (χ1v) is 8.10. The van der Waals surface area contributed by atoms with Gasteiger partial charge in [0.1, 0.15) is 0 Å². The van der Waals surface area contributed by atoms with Gasteiger partial charge in [0.15, 0.2) is 0 Å². The van der Waals surface area contributed by atoms with E-state index in [1.807, 2.05) is 30.3 Å². The van der Waals surface area contributed by atoms with Crippen LogP contribution in [0.5, 0.6) is 0 Å². The second-order valence-corrected chi connectivity index (χ2v) is 6.16. The first kappa shape index (κ1) is 15.0. The van der Waals surface area contributed by atoms with E-state index in [-0.39, 0.29) is 6.10 Å². The van der Waals surface area contributed by atoms with Crippen LogP contribution in [0.15, 0.2) is 30.3 Å². The number of hydrogen-bond acceptors (Lipinski definition) is 4. The van der Waals surface area contributed by atoms with Gasteiger partial charge in [-0.15, -0.1) is 0 Å².